The first-order valence-electron chi connectivity index (χ1n) is 7.13. The predicted octanol–water partition coefficient (Wildman–Crippen LogP) is 3.27. The van der Waals surface area contributed by atoms with Gasteiger partial charge in [0.15, 0.2) is 0 Å². The molecule has 0 amide bonds. The Labute approximate surface area is 151 Å². The highest BCUT2D eigenvalue weighted by molar-refractivity contribution is 9.10. The van der Waals surface area contributed by atoms with Crippen LogP contribution in [0.15, 0.2) is 45.7 Å². The van der Waals surface area contributed by atoms with Crippen molar-refractivity contribution in [3.8, 4) is 11.4 Å². The van der Waals surface area contributed by atoms with E-state index in [2.05, 4.69) is 26.4 Å². The van der Waals surface area contributed by atoms with Gasteiger partial charge in [-0.25, -0.2) is 4.79 Å². The topological polar surface area (TPSA) is 61.9 Å². The maximum Gasteiger partial charge on any atom is 0.368 e. The third-order valence-corrected chi connectivity index (χ3v) is 4.41. The molecular weight excluding hydrogens is 396 g/mol. The minimum atomic E-state index is -0.317. The smallest absolute Gasteiger partial charge is 0.368 e. The lowest BCUT2D eigenvalue weighted by Crippen LogP contribution is -2.23. The van der Waals surface area contributed by atoms with Crippen LogP contribution >= 0.6 is 27.5 Å². The van der Waals surface area contributed by atoms with Gasteiger partial charge in [0.05, 0.1) is 10.7 Å². The SMILES string of the molecule is Cc1cccc(-n2nnn(C)c2=O)c1COc1cc(Br)ccc1Cl. The highest BCUT2D eigenvalue weighted by Gasteiger charge is 2.14. The summed E-state index contributed by atoms with van der Waals surface area (Å²) in [6.07, 6.45) is 0. The van der Waals surface area contributed by atoms with Crippen LogP contribution in [0.1, 0.15) is 11.1 Å². The van der Waals surface area contributed by atoms with Crippen LogP contribution in [0.4, 0.5) is 0 Å². The van der Waals surface area contributed by atoms with Crippen LogP contribution < -0.4 is 10.4 Å². The van der Waals surface area contributed by atoms with Crippen molar-refractivity contribution in [2.75, 3.05) is 0 Å². The van der Waals surface area contributed by atoms with E-state index in [1.165, 1.54) is 9.36 Å². The van der Waals surface area contributed by atoms with Crippen LogP contribution in [0, 0.1) is 6.92 Å². The van der Waals surface area contributed by atoms with Crippen molar-refractivity contribution in [2.24, 2.45) is 7.05 Å². The Kier molecular flexibility index (Phi) is 4.73. The molecule has 0 N–H and O–H groups in total. The summed E-state index contributed by atoms with van der Waals surface area (Å²) < 4.78 is 9.17. The summed E-state index contributed by atoms with van der Waals surface area (Å²) in [6, 6.07) is 11.0. The third-order valence-electron chi connectivity index (χ3n) is 3.60. The van der Waals surface area contributed by atoms with Gasteiger partial charge in [-0.3, -0.25) is 0 Å². The van der Waals surface area contributed by atoms with E-state index in [1.54, 1.807) is 19.2 Å². The number of hydrogen-bond acceptors (Lipinski definition) is 4. The number of benzene rings is 2. The van der Waals surface area contributed by atoms with Gasteiger partial charge in [-0.05, 0) is 47.2 Å². The lowest BCUT2D eigenvalue weighted by Gasteiger charge is -2.13. The van der Waals surface area contributed by atoms with E-state index in [0.717, 1.165) is 15.6 Å². The standard InChI is InChI=1S/C16H14BrClN4O2/c1-10-4-3-5-14(22-16(23)21(2)19-20-22)12(10)9-24-15-8-11(17)6-7-13(15)18/h3-8H,9H2,1-2H3. The van der Waals surface area contributed by atoms with E-state index in [4.69, 9.17) is 16.3 Å². The van der Waals surface area contributed by atoms with Crippen molar-refractivity contribution >= 4 is 27.5 Å². The fraction of sp³-hybridized carbons (Fsp3) is 0.188. The average Bonchev–Trinajstić information content (AvgIpc) is 2.88. The van der Waals surface area contributed by atoms with Crippen molar-refractivity contribution in [2.45, 2.75) is 13.5 Å². The number of tetrazole rings is 1. The van der Waals surface area contributed by atoms with Crippen molar-refractivity contribution in [1.82, 2.24) is 19.8 Å². The van der Waals surface area contributed by atoms with Crippen molar-refractivity contribution in [3.05, 3.63) is 67.5 Å². The van der Waals surface area contributed by atoms with Crippen LogP contribution in [0.5, 0.6) is 5.75 Å². The van der Waals surface area contributed by atoms with E-state index in [1.807, 2.05) is 31.2 Å². The van der Waals surface area contributed by atoms with E-state index in [0.29, 0.717) is 16.5 Å². The van der Waals surface area contributed by atoms with E-state index in [-0.39, 0.29) is 12.3 Å². The molecular formula is C16H14BrClN4O2. The molecule has 6 nitrogen and oxygen atoms in total. The second-order valence-electron chi connectivity index (χ2n) is 5.23. The Morgan fingerprint density at radius 2 is 2.04 bits per heavy atom. The van der Waals surface area contributed by atoms with Gasteiger partial charge in [0.1, 0.15) is 12.4 Å². The summed E-state index contributed by atoms with van der Waals surface area (Å²) >= 11 is 9.56. The minimum absolute atomic E-state index is 0.251. The number of ether oxygens (including phenoxy) is 1. The van der Waals surface area contributed by atoms with E-state index in [9.17, 15) is 4.79 Å². The second kappa shape index (κ2) is 6.78. The normalized spacial score (nSPS) is 10.8. The highest BCUT2D eigenvalue weighted by atomic mass is 79.9. The van der Waals surface area contributed by atoms with Gasteiger partial charge in [0.2, 0.25) is 0 Å². The van der Waals surface area contributed by atoms with Crippen molar-refractivity contribution in [3.63, 3.8) is 0 Å². The lowest BCUT2D eigenvalue weighted by atomic mass is 10.1. The van der Waals surface area contributed by atoms with Crippen molar-refractivity contribution < 1.29 is 4.74 Å². The van der Waals surface area contributed by atoms with Gasteiger partial charge in [-0.1, -0.05) is 39.7 Å². The van der Waals surface area contributed by atoms with E-state index < -0.39 is 0 Å². The summed E-state index contributed by atoms with van der Waals surface area (Å²) in [5.41, 5.74) is 2.15. The number of nitrogens with zero attached hydrogens (tertiary/aromatic N) is 4. The number of hydrogen-bond donors (Lipinski definition) is 0. The molecule has 24 heavy (non-hydrogen) atoms. The Balaban J connectivity index is 1.98. The zero-order valence-electron chi connectivity index (χ0n) is 13.0. The summed E-state index contributed by atoms with van der Waals surface area (Å²) in [6.45, 7) is 2.20. The molecule has 0 aliphatic heterocycles. The first-order chi connectivity index (χ1) is 11.5. The van der Waals surface area contributed by atoms with Crippen LogP contribution in [0.2, 0.25) is 5.02 Å². The average molecular weight is 410 g/mol. The molecule has 3 rings (SSSR count). The summed E-state index contributed by atoms with van der Waals surface area (Å²) in [5.74, 6) is 0.562. The molecule has 3 aromatic rings. The fourth-order valence-corrected chi connectivity index (χ4v) is 2.79. The Morgan fingerprint density at radius 3 is 2.75 bits per heavy atom. The monoisotopic (exact) mass is 408 g/mol. The second-order valence-corrected chi connectivity index (χ2v) is 6.56. The Morgan fingerprint density at radius 1 is 1.25 bits per heavy atom. The first kappa shape index (κ1) is 16.7. The van der Waals surface area contributed by atoms with Gasteiger partial charge in [-0.2, -0.15) is 9.36 Å². The third kappa shape index (κ3) is 3.22. The zero-order valence-corrected chi connectivity index (χ0v) is 15.4. The molecule has 0 aliphatic rings. The molecule has 0 saturated carbocycles. The van der Waals surface area contributed by atoms with Crippen LogP contribution in [0.25, 0.3) is 5.69 Å². The molecule has 2 aromatic carbocycles. The minimum Gasteiger partial charge on any atom is -0.487 e. The molecule has 1 aromatic heterocycles. The van der Waals surface area contributed by atoms with Gasteiger partial charge in [-0.15, -0.1) is 0 Å². The quantitative estimate of drug-likeness (QED) is 0.663. The molecule has 0 unspecified atom stereocenters. The lowest BCUT2D eigenvalue weighted by molar-refractivity contribution is 0.304. The Bertz CT molecular complexity index is 951. The predicted molar refractivity (Wildman–Crippen MR) is 94.8 cm³/mol. The number of aromatic nitrogens is 4. The van der Waals surface area contributed by atoms with Gasteiger partial charge in [0, 0.05) is 17.1 Å². The molecule has 0 saturated heterocycles. The Hall–Kier alpha value is -2.12. The summed E-state index contributed by atoms with van der Waals surface area (Å²) in [7, 11) is 1.55. The fourth-order valence-electron chi connectivity index (χ4n) is 2.28. The molecule has 0 atom stereocenters. The molecule has 0 radical (unpaired) electrons. The van der Waals surface area contributed by atoms with Crippen LogP contribution in [-0.2, 0) is 13.7 Å². The summed E-state index contributed by atoms with van der Waals surface area (Å²) in [5, 5.41) is 8.18. The molecule has 0 bridgehead atoms. The van der Waals surface area contributed by atoms with Gasteiger partial charge >= 0.3 is 5.69 Å². The zero-order chi connectivity index (χ0) is 17.3. The molecule has 0 spiro atoms. The van der Waals surface area contributed by atoms with E-state index >= 15 is 0 Å². The number of aryl methyl sites for hydroxylation is 2. The van der Waals surface area contributed by atoms with Crippen LogP contribution in [0.3, 0.4) is 0 Å². The molecule has 0 aliphatic carbocycles. The first-order valence-corrected chi connectivity index (χ1v) is 8.30. The maximum absolute atomic E-state index is 12.1. The largest absolute Gasteiger partial charge is 0.487 e. The number of rotatable bonds is 4. The van der Waals surface area contributed by atoms with Crippen LogP contribution in [-0.4, -0.2) is 19.8 Å². The van der Waals surface area contributed by atoms with Crippen molar-refractivity contribution in [1.29, 1.82) is 0 Å². The summed E-state index contributed by atoms with van der Waals surface area (Å²) in [4.78, 5) is 12.1. The highest BCUT2D eigenvalue weighted by Crippen LogP contribution is 2.29. The maximum atomic E-state index is 12.1. The molecule has 1 heterocycles. The molecule has 8 heteroatoms. The van der Waals surface area contributed by atoms with Gasteiger partial charge < -0.3 is 4.74 Å². The number of halogens is 2. The van der Waals surface area contributed by atoms with Gasteiger partial charge in [0.25, 0.3) is 0 Å². The molecule has 0 fully saturated rings. The molecule has 124 valence electrons.